The van der Waals surface area contributed by atoms with Gasteiger partial charge in [-0.2, -0.15) is 11.3 Å². The summed E-state index contributed by atoms with van der Waals surface area (Å²) in [4.78, 5) is 0. The van der Waals surface area contributed by atoms with Crippen molar-refractivity contribution in [3.8, 4) is 11.1 Å². The van der Waals surface area contributed by atoms with Crippen molar-refractivity contribution in [3.05, 3.63) is 103 Å². The summed E-state index contributed by atoms with van der Waals surface area (Å²) in [5, 5.41) is 11.2. The third-order valence-corrected chi connectivity index (χ3v) is 8.20. The number of furan rings is 3. The minimum atomic E-state index is 0.550. The lowest BCUT2D eigenvalue weighted by molar-refractivity contribution is 0.605. The number of fused-ring (bicyclic) bond motifs is 4. The number of hydrogen-bond donors (Lipinski definition) is 2. The van der Waals surface area contributed by atoms with Gasteiger partial charge in [0.05, 0.1) is 5.56 Å². The van der Waals surface area contributed by atoms with Gasteiger partial charge < -0.3 is 18.6 Å². The van der Waals surface area contributed by atoms with Crippen molar-refractivity contribution in [2.24, 2.45) is 0 Å². The Labute approximate surface area is 228 Å². The molecule has 0 atom stereocenters. The summed E-state index contributed by atoms with van der Waals surface area (Å²) in [6, 6.07) is 34.6. The van der Waals surface area contributed by atoms with E-state index >= 15 is 0 Å². The van der Waals surface area contributed by atoms with E-state index < -0.39 is 0 Å². The molecule has 4 heterocycles. The minimum Gasteiger partial charge on any atom is -0.440 e. The molecule has 8 rings (SSSR count). The molecule has 0 saturated heterocycles. The Kier molecular flexibility index (Phi) is 4.87. The predicted octanol–water partition coefficient (Wildman–Crippen LogP) is 8.55. The molecule has 0 amide bonds. The van der Waals surface area contributed by atoms with E-state index in [1.54, 1.807) is 11.3 Å². The first-order chi connectivity index (χ1) is 19.2. The SMILES string of the molecule is Bc1sc2ccccc2c1-c1c(Nc2oc3ccccc3c2Nc2cc3ccccc3o2)oc2ccccc12. The monoisotopic (exact) mass is 524 g/mol. The second-order valence-corrected chi connectivity index (χ2v) is 10.8. The van der Waals surface area contributed by atoms with Crippen LogP contribution in [-0.2, 0) is 0 Å². The van der Waals surface area contributed by atoms with Crippen LogP contribution >= 0.6 is 11.3 Å². The molecule has 0 radical (unpaired) electrons. The average molecular weight is 524 g/mol. The van der Waals surface area contributed by atoms with Gasteiger partial charge in [0, 0.05) is 26.9 Å². The first kappa shape index (κ1) is 22.1. The number of para-hydroxylation sites is 3. The molecule has 5 nitrogen and oxygen atoms in total. The van der Waals surface area contributed by atoms with Gasteiger partial charge in [0.15, 0.2) is 13.7 Å². The van der Waals surface area contributed by atoms with E-state index in [-0.39, 0.29) is 0 Å². The summed E-state index contributed by atoms with van der Waals surface area (Å²) < 4.78 is 21.4. The van der Waals surface area contributed by atoms with Gasteiger partial charge in [0.1, 0.15) is 22.4 Å². The van der Waals surface area contributed by atoms with Gasteiger partial charge in [-0.3, -0.25) is 5.32 Å². The average Bonchev–Trinajstić information content (AvgIpc) is 3.70. The Hall–Kier alpha value is -4.88. The predicted molar refractivity (Wildman–Crippen MR) is 164 cm³/mol. The standard InChI is InChI=1S/C32H21BN2O3S/c33-30-27(21-12-4-8-16-25(21)39-30)28-19-10-2-6-14-23(19)37-31(28)35-32-29(20-11-3-7-15-24(20)38-32)34-26-17-18-9-1-5-13-22(18)36-26/h1-17,34-35H,33H2. The quantitative estimate of drug-likeness (QED) is 0.221. The highest BCUT2D eigenvalue weighted by molar-refractivity contribution is 7.27. The van der Waals surface area contributed by atoms with Crippen LogP contribution in [0.2, 0.25) is 0 Å². The highest BCUT2D eigenvalue weighted by Crippen LogP contribution is 2.46. The number of rotatable bonds is 5. The summed E-state index contributed by atoms with van der Waals surface area (Å²) in [6.07, 6.45) is 0. The Morgan fingerprint density at radius 2 is 1.21 bits per heavy atom. The number of thiophene rings is 1. The molecule has 7 heteroatoms. The minimum absolute atomic E-state index is 0.550. The highest BCUT2D eigenvalue weighted by Gasteiger charge is 2.24. The van der Waals surface area contributed by atoms with Crippen LogP contribution < -0.4 is 15.4 Å². The largest absolute Gasteiger partial charge is 0.440 e. The molecule has 8 aromatic rings. The van der Waals surface area contributed by atoms with Gasteiger partial charge in [0.25, 0.3) is 0 Å². The normalized spacial score (nSPS) is 11.7. The molecule has 0 fully saturated rings. The highest BCUT2D eigenvalue weighted by atomic mass is 32.1. The first-order valence-electron chi connectivity index (χ1n) is 12.8. The van der Waals surface area contributed by atoms with Crippen LogP contribution in [0.1, 0.15) is 0 Å². The number of anilines is 4. The Morgan fingerprint density at radius 1 is 0.564 bits per heavy atom. The van der Waals surface area contributed by atoms with Crippen molar-refractivity contribution in [3.63, 3.8) is 0 Å². The van der Waals surface area contributed by atoms with E-state index in [0.717, 1.165) is 44.2 Å². The van der Waals surface area contributed by atoms with Gasteiger partial charge in [-0.1, -0.05) is 66.7 Å². The second-order valence-electron chi connectivity index (χ2n) is 9.53. The zero-order chi connectivity index (χ0) is 25.9. The Balaban J connectivity index is 1.31. The zero-order valence-corrected chi connectivity index (χ0v) is 21.8. The van der Waals surface area contributed by atoms with E-state index in [4.69, 9.17) is 13.3 Å². The van der Waals surface area contributed by atoms with Crippen LogP contribution in [0.4, 0.5) is 23.3 Å². The molecule has 0 aliphatic heterocycles. The van der Waals surface area contributed by atoms with Crippen LogP contribution in [0.15, 0.2) is 116 Å². The van der Waals surface area contributed by atoms with Crippen LogP contribution in [0.5, 0.6) is 0 Å². The van der Waals surface area contributed by atoms with Crippen molar-refractivity contribution in [2.45, 2.75) is 0 Å². The first-order valence-corrected chi connectivity index (χ1v) is 13.6. The van der Waals surface area contributed by atoms with Crippen molar-refractivity contribution in [1.29, 1.82) is 0 Å². The van der Waals surface area contributed by atoms with Crippen LogP contribution in [-0.4, -0.2) is 7.85 Å². The molecule has 0 bridgehead atoms. The fourth-order valence-corrected chi connectivity index (χ4v) is 6.46. The maximum atomic E-state index is 6.46. The lowest BCUT2D eigenvalue weighted by Gasteiger charge is -2.08. The molecular weight excluding hydrogens is 503 g/mol. The summed E-state index contributed by atoms with van der Waals surface area (Å²) in [7, 11) is 2.17. The summed E-state index contributed by atoms with van der Waals surface area (Å²) in [5.74, 6) is 1.82. The topological polar surface area (TPSA) is 63.5 Å². The summed E-state index contributed by atoms with van der Waals surface area (Å²) in [6.45, 7) is 0. The van der Waals surface area contributed by atoms with Crippen molar-refractivity contribution >= 4 is 90.3 Å². The maximum absolute atomic E-state index is 6.46. The molecule has 39 heavy (non-hydrogen) atoms. The van der Waals surface area contributed by atoms with E-state index in [1.807, 2.05) is 72.8 Å². The number of benzene rings is 4. The fraction of sp³-hybridized carbons (Fsp3) is 0. The van der Waals surface area contributed by atoms with Gasteiger partial charge >= 0.3 is 0 Å². The van der Waals surface area contributed by atoms with E-state index in [0.29, 0.717) is 17.7 Å². The molecule has 4 aromatic heterocycles. The summed E-state index contributed by atoms with van der Waals surface area (Å²) >= 11 is 1.79. The van der Waals surface area contributed by atoms with E-state index in [2.05, 4.69) is 48.8 Å². The third-order valence-electron chi connectivity index (χ3n) is 7.11. The molecule has 0 unspecified atom stereocenters. The van der Waals surface area contributed by atoms with Gasteiger partial charge in [-0.25, -0.2) is 0 Å². The van der Waals surface area contributed by atoms with E-state index in [1.165, 1.54) is 20.4 Å². The lowest BCUT2D eigenvalue weighted by atomic mass is 9.93. The lowest BCUT2D eigenvalue weighted by Crippen LogP contribution is -2.01. The smallest absolute Gasteiger partial charge is 0.224 e. The molecule has 4 aromatic carbocycles. The zero-order valence-electron chi connectivity index (χ0n) is 20.9. The van der Waals surface area contributed by atoms with Crippen LogP contribution in [0.3, 0.4) is 0 Å². The van der Waals surface area contributed by atoms with Crippen molar-refractivity contribution in [1.82, 2.24) is 0 Å². The second kappa shape index (κ2) is 8.58. The van der Waals surface area contributed by atoms with Gasteiger partial charge in [0.2, 0.25) is 11.8 Å². The van der Waals surface area contributed by atoms with Crippen LogP contribution in [0.25, 0.3) is 54.1 Å². The molecular formula is C32H21BN2O3S. The molecule has 0 aliphatic carbocycles. The fourth-order valence-electron chi connectivity index (χ4n) is 5.39. The van der Waals surface area contributed by atoms with Gasteiger partial charge in [-0.05, 0) is 46.1 Å². The van der Waals surface area contributed by atoms with E-state index in [9.17, 15) is 0 Å². The molecule has 2 N–H and O–H groups in total. The van der Waals surface area contributed by atoms with Crippen molar-refractivity contribution < 1.29 is 13.3 Å². The summed E-state index contributed by atoms with van der Waals surface area (Å²) in [5.41, 5.74) is 5.37. The maximum Gasteiger partial charge on any atom is 0.224 e. The molecule has 186 valence electrons. The Bertz CT molecular complexity index is 2130. The Morgan fingerprint density at radius 3 is 2.03 bits per heavy atom. The number of nitrogens with one attached hydrogen (secondary N) is 2. The van der Waals surface area contributed by atoms with Crippen LogP contribution in [0, 0.1) is 0 Å². The molecule has 0 saturated carbocycles. The van der Waals surface area contributed by atoms with Gasteiger partial charge in [-0.15, -0.1) is 0 Å². The molecule has 0 aliphatic rings. The molecule has 0 spiro atoms. The van der Waals surface area contributed by atoms with Crippen molar-refractivity contribution in [2.75, 3.05) is 10.6 Å². The third kappa shape index (κ3) is 3.55. The number of hydrogen-bond acceptors (Lipinski definition) is 6.